The van der Waals surface area contributed by atoms with Crippen LogP contribution in [0.4, 0.5) is 4.39 Å². The third kappa shape index (κ3) is 6.88. The molecule has 0 amide bonds. The first-order valence-corrected chi connectivity index (χ1v) is 11.8. The maximum Gasteiger partial charge on any atom is 0.123 e. The Morgan fingerprint density at radius 2 is 1.52 bits per heavy atom. The van der Waals surface area contributed by atoms with E-state index in [0.29, 0.717) is 6.54 Å². The van der Waals surface area contributed by atoms with E-state index in [4.69, 9.17) is 0 Å². The lowest BCUT2D eigenvalue weighted by molar-refractivity contribution is 0.0659. The topological polar surface area (TPSA) is 23.6 Å². The molecule has 5 heteroatoms. The Balaban J connectivity index is 3.17. The van der Waals surface area contributed by atoms with Crippen molar-refractivity contribution in [2.75, 3.05) is 19.3 Å². The Bertz CT molecular complexity index is 699. The van der Waals surface area contributed by atoms with Gasteiger partial charge in [-0.25, -0.2) is 8.70 Å². The van der Waals surface area contributed by atoms with Crippen molar-refractivity contribution in [1.29, 1.82) is 0 Å². The first-order chi connectivity index (χ1) is 12.0. The number of hydrogen-bond donors (Lipinski definition) is 0. The van der Waals surface area contributed by atoms with Crippen LogP contribution in [0.1, 0.15) is 67.0 Å². The lowest BCUT2D eigenvalue weighted by Gasteiger charge is -2.44. The fraction of sp³-hybridized carbons (Fsp3) is 0.682. The van der Waals surface area contributed by atoms with Gasteiger partial charge in [-0.3, -0.25) is 9.11 Å². The van der Waals surface area contributed by atoms with E-state index in [1.165, 1.54) is 12.1 Å². The van der Waals surface area contributed by atoms with Crippen LogP contribution in [0.5, 0.6) is 0 Å². The second kappa shape index (κ2) is 8.62. The van der Waals surface area contributed by atoms with E-state index in [2.05, 4.69) is 66.2 Å². The molecular weight excluding hydrogens is 359 g/mol. The molecule has 0 radical (unpaired) electrons. The minimum Gasteiger partial charge on any atom is -0.292 e. The van der Waals surface area contributed by atoms with Crippen molar-refractivity contribution >= 4 is 15.6 Å². The molecule has 0 saturated heterocycles. The van der Waals surface area contributed by atoms with Crippen LogP contribution in [0, 0.1) is 11.2 Å². The van der Waals surface area contributed by atoms with Gasteiger partial charge >= 0.3 is 0 Å². The molecule has 0 aliphatic heterocycles. The van der Waals surface area contributed by atoms with Crippen LogP contribution < -0.4 is 0 Å². The van der Waals surface area contributed by atoms with Gasteiger partial charge in [-0.1, -0.05) is 32.9 Å². The molecule has 0 heterocycles. The Morgan fingerprint density at radius 3 is 1.89 bits per heavy atom. The minimum atomic E-state index is -2.32. The predicted octanol–water partition coefficient (Wildman–Crippen LogP) is 4.99. The number of rotatable bonds is 7. The standard InChI is InChI=1S/C22H39FN2OS/c1-17(19-11-13-20(23)14-12-19)24(18(2)21(3,4)5)15-16-25(22(6,7)8)27(9,10)26/h11-14,17-18H,9,15-16H2,1-8,10H3/t17-,18?,27?/m1/s1. The fourth-order valence-corrected chi connectivity index (χ4v) is 5.09. The van der Waals surface area contributed by atoms with Crippen LogP contribution >= 0.6 is 0 Å². The van der Waals surface area contributed by atoms with Crippen LogP contribution in [0.15, 0.2) is 24.3 Å². The van der Waals surface area contributed by atoms with Gasteiger partial charge in [-0.05, 0) is 63.6 Å². The largest absolute Gasteiger partial charge is 0.292 e. The molecule has 3 atom stereocenters. The van der Waals surface area contributed by atoms with Gasteiger partial charge in [0.2, 0.25) is 0 Å². The lowest BCUT2D eigenvalue weighted by Crippen LogP contribution is -2.51. The zero-order chi connectivity index (χ0) is 21.2. The molecule has 0 bridgehead atoms. The van der Waals surface area contributed by atoms with Gasteiger partial charge < -0.3 is 0 Å². The summed E-state index contributed by atoms with van der Waals surface area (Å²) in [5, 5.41) is 0. The molecule has 0 N–H and O–H groups in total. The summed E-state index contributed by atoms with van der Waals surface area (Å²) in [6, 6.07) is 7.16. The van der Waals surface area contributed by atoms with E-state index in [1.54, 1.807) is 6.26 Å². The molecule has 156 valence electrons. The predicted molar refractivity (Wildman–Crippen MR) is 118 cm³/mol. The molecular formula is C22H39FN2OS. The third-order valence-electron chi connectivity index (χ3n) is 5.38. The Labute approximate surface area is 167 Å². The van der Waals surface area contributed by atoms with Crippen molar-refractivity contribution in [3.8, 4) is 0 Å². The molecule has 1 aromatic rings. The van der Waals surface area contributed by atoms with Crippen molar-refractivity contribution in [3.05, 3.63) is 35.6 Å². The normalized spacial score (nSPS) is 17.8. The highest BCUT2D eigenvalue weighted by Gasteiger charge is 2.32. The molecule has 2 unspecified atom stereocenters. The molecule has 1 rings (SSSR count). The van der Waals surface area contributed by atoms with Crippen molar-refractivity contribution < 1.29 is 8.60 Å². The summed E-state index contributed by atoms with van der Waals surface area (Å²) < 4.78 is 28.1. The molecule has 0 aliphatic carbocycles. The zero-order valence-corrected chi connectivity index (χ0v) is 19.5. The summed E-state index contributed by atoms with van der Waals surface area (Å²) in [7, 11) is -2.32. The van der Waals surface area contributed by atoms with Crippen LogP contribution in [0.25, 0.3) is 0 Å². The SMILES string of the molecule is C=S(C)(=O)N(CCN(C(C)C(C)(C)C)[C@H](C)c1ccc(F)cc1)C(C)(C)C. The van der Waals surface area contributed by atoms with Gasteiger partial charge in [-0.15, -0.1) is 0 Å². The van der Waals surface area contributed by atoms with Crippen LogP contribution in [0.2, 0.25) is 0 Å². The van der Waals surface area contributed by atoms with Crippen molar-refractivity contribution in [2.24, 2.45) is 5.41 Å². The molecule has 0 spiro atoms. The smallest absolute Gasteiger partial charge is 0.123 e. The lowest BCUT2D eigenvalue weighted by atomic mass is 9.85. The monoisotopic (exact) mass is 398 g/mol. The highest BCUT2D eigenvalue weighted by atomic mass is 32.2. The second-order valence-corrected chi connectivity index (χ2v) is 12.1. The van der Waals surface area contributed by atoms with Gasteiger partial charge in [0.25, 0.3) is 0 Å². The molecule has 0 aromatic heterocycles. The van der Waals surface area contributed by atoms with E-state index < -0.39 is 9.71 Å². The van der Waals surface area contributed by atoms with E-state index in [-0.39, 0.29) is 28.9 Å². The number of benzene rings is 1. The van der Waals surface area contributed by atoms with Crippen molar-refractivity contribution in [3.63, 3.8) is 0 Å². The molecule has 0 aliphatic rings. The first kappa shape index (κ1) is 24.1. The Kier molecular flexibility index (Phi) is 7.71. The fourth-order valence-electron chi connectivity index (χ4n) is 3.47. The quantitative estimate of drug-likeness (QED) is 0.605. The molecule has 27 heavy (non-hydrogen) atoms. The van der Waals surface area contributed by atoms with E-state index >= 15 is 0 Å². The van der Waals surface area contributed by atoms with Crippen LogP contribution in [-0.2, 0) is 9.71 Å². The average Bonchev–Trinajstić information content (AvgIpc) is 2.47. The van der Waals surface area contributed by atoms with Gasteiger partial charge in [0, 0.05) is 46.7 Å². The summed E-state index contributed by atoms with van der Waals surface area (Å²) in [5.41, 5.74) is 0.934. The molecule has 3 nitrogen and oxygen atoms in total. The van der Waals surface area contributed by atoms with E-state index in [9.17, 15) is 8.60 Å². The molecule has 0 saturated carbocycles. The molecule has 1 aromatic carbocycles. The van der Waals surface area contributed by atoms with Gasteiger partial charge in [0.05, 0.1) is 0 Å². The van der Waals surface area contributed by atoms with Gasteiger partial charge in [0.15, 0.2) is 0 Å². The van der Waals surface area contributed by atoms with Crippen LogP contribution in [-0.4, -0.2) is 50.2 Å². The van der Waals surface area contributed by atoms with Crippen molar-refractivity contribution in [2.45, 2.75) is 73.0 Å². The highest BCUT2D eigenvalue weighted by molar-refractivity contribution is 7.97. The minimum absolute atomic E-state index is 0.0823. The van der Waals surface area contributed by atoms with E-state index in [0.717, 1.165) is 12.1 Å². The van der Waals surface area contributed by atoms with Crippen molar-refractivity contribution in [1.82, 2.24) is 9.21 Å². The second-order valence-electron chi connectivity index (χ2n) is 9.74. The summed E-state index contributed by atoms with van der Waals surface area (Å²) in [6.07, 6.45) is 1.71. The summed E-state index contributed by atoms with van der Waals surface area (Å²) in [5.74, 6) is 3.70. The summed E-state index contributed by atoms with van der Waals surface area (Å²) >= 11 is 0. The average molecular weight is 399 g/mol. The van der Waals surface area contributed by atoms with Crippen LogP contribution in [0.3, 0.4) is 0 Å². The first-order valence-electron chi connectivity index (χ1n) is 9.66. The van der Waals surface area contributed by atoms with Gasteiger partial charge in [-0.2, -0.15) is 0 Å². The third-order valence-corrected chi connectivity index (χ3v) is 7.04. The van der Waals surface area contributed by atoms with E-state index in [1.807, 2.05) is 16.4 Å². The Morgan fingerprint density at radius 1 is 1.04 bits per heavy atom. The number of nitrogens with zero attached hydrogens (tertiary/aromatic N) is 2. The summed E-state index contributed by atoms with van der Waals surface area (Å²) in [4.78, 5) is 2.43. The maximum absolute atomic E-state index is 13.4. The number of halogens is 1. The van der Waals surface area contributed by atoms with Gasteiger partial charge in [0.1, 0.15) is 5.82 Å². The zero-order valence-electron chi connectivity index (χ0n) is 18.7. The summed E-state index contributed by atoms with van der Waals surface area (Å²) in [6.45, 7) is 18.7. The highest BCUT2D eigenvalue weighted by Crippen LogP contribution is 2.31. The number of hydrogen-bond acceptors (Lipinski definition) is 2. The Hall–Kier alpha value is -0.910. The molecule has 0 fully saturated rings. The maximum atomic E-state index is 13.4.